The summed E-state index contributed by atoms with van der Waals surface area (Å²) in [7, 11) is 0. The highest BCUT2D eigenvalue weighted by molar-refractivity contribution is 5.94. The quantitative estimate of drug-likeness (QED) is 0.870. The molecule has 5 heteroatoms. The Morgan fingerprint density at radius 3 is 2.65 bits per heavy atom. The van der Waals surface area contributed by atoms with Crippen LogP contribution in [0.4, 0.5) is 4.39 Å². The molecule has 0 atom stereocenters. The van der Waals surface area contributed by atoms with Gasteiger partial charge in [-0.1, -0.05) is 0 Å². The third-order valence-electron chi connectivity index (χ3n) is 3.46. The number of halogens is 1. The zero-order valence-electron chi connectivity index (χ0n) is 11.4. The van der Waals surface area contributed by atoms with E-state index in [4.69, 9.17) is 5.11 Å². The predicted octanol–water partition coefficient (Wildman–Crippen LogP) is 2.46. The van der Waals surface area contributed by atoms with Crippen LogP contribution < -0.4 is 0 Å². The lowest BCUT2D eigenvalue weighted by molar-refractivity contribution is -0.137. The molecule has 0 spiro atoms. The van der Waals surface area contributed by atoms with Crippen molar-refractivity contribution in [3.8, 4) is 0 Å². The number of carboxylic acids is 1. The number of rotatable bonds is 6. The Balaban J connectivity index is 2.10. The van der Waals surface area contributed by atoms with E-state index >= 15 is 0 Å². The van der Waals surface area contributed by atoms with E-state index in [0.717, 1.165) is 12.8 Å². The lowest BCUT2D eigenvalue weighted by Gasteiger charge is -2.22. The first-order valence-electron chi connectivity index (χ1n) is 6.74. The van der Waals surface area contributed by atoms with Crippen LogP contribution >= 0.6 is 0 Å². The zero-order valence-corrected chi connectivity index (χ0v) is 11.4. The van der Waals surface area contributed by atoms with Crippen molar-refractivity contribution >= 4 is 11.9 Å². The molecule has 1 fully saturated rings. The van der Waals surface area contributed by atoms with Crippen LogP contribution in [0.2, 0.25) is 0 Å². The molecule has 4 nitrogen and oxygen atoms in total. The van der Waals surface area contributed by atoms with Crippen molar-refractivity contribution in [2.24, 2.45) is 5.92 Å². The van der Waals surface area contributed by atoms with Crippen molar-refractivity contribution in [1.82, 2.24) is 4.90 Å². The maximum Gasteiger partial charge on any atom is 0.305 e. The van der Waals surface area contributed by atoms with Gasteiger partial charge in [0.15, 0.2) is 0 Å². The molecule has 1 aromatic carbocycles. The van der Waals surface area contributed by atoms with E-state index in [0.29, 0.717) is 23.6 Å². The van der Waals surface area contributed by atoms with Gasteiger partial charge in [-0.25, -0.2) is 4.39 Å². The fourth-order valence-corrected chi connectivity index (χ4v) is 2.08. The summed E-state index contributed by atoms with van der Waals surface area (Å²) in [5.41, 5.74) is 0.829. The van der Waals surface area contributed by atoms with E-state index in [1.807, 2.05) is 0 Å². The number of aryl methyl sites for hydroxylation is 1. The Kier molecular flexibility index (Phi) is 4.37. The first-order valence-corrected chi connectivity index (χ1v) is 6.74. The number of benzene rings is 1. The van der Waals surface area contributed by atoms with E-state index in [2.05, 4.69) is 0 Å². The van der Waals surface area contributed by atoms with Crippen LogP contribution in [0.25, 0.3) is 0 Å². The summed E-state index contributed by atoms with van der Waals surface area (Å²) in [6, 6.07) is 4.23. The Morgan fingerprint density at radius 2 is 2.10 bits per heavy atom. The van der Waals surface area contributed by atoms with E-state index in [1.54, 1.807) is 11.8 Å². The summed E-state index contributed by atoms with van der Waals surface area (Å²) in [5.74, 6) is -1.01. The van der Waals surface area contributed by atoms with Crippen LogP contribution in [-0.2, 0) is 4.79 Å². The van der Waals surface area contributed by atoms with Crippen LogP contribution in [0.5, 0.6) is 0 Å². The second kappa shape index (κ2) is 6.03. The second-order valence-corrected chi connectivity index (χ2v) is 5.30. The highest BCUT2D eigenvalue weighted by atomic mass is 19.1. The average molecular weight is 279 g/mol. The molecule has 2 rings (SSSR count). The van der Waals surface area contributed by atoms with Gasteiger partial charge in [0.1, 0.15) is 5.82 Å². The van der Waals surface area contributed by atoms with Gasteiger partial charge in [-0.2, -0.15) is 0 Å². The third kappa shape index (κ3) is 3.79. The summed E-state index contributed by atoms with van der Waals surface area (Å²) in [4.78, 5) is 24.6. The molecule has 0 unspecified atom stereocenters. The fourth-order valence-electron chi connectivity index (χ4n) is 2.08. The highest BCUT2D eigenvalue weighted by Gasteiger charge is 2.27. The van der Waals surface area contributed by atoms with E-state index < -0.39 is 5.97 Å². The Bertz CT molecular complexity index is 526. The predicted molar refractivity (Wildman–Crippen MR) is 72.0 cm³/mol. The third-order valence-corrected chi connectivity index (χ3v) is 3.46. The van der Waals surface area contributed by atoms with Crippen LogP contribution in [0.1, 0.15) is 35.2 Å². The van der Waals surface area contributed by atoms with Gasteiger partial charge >= 0.3 is 5.97 Å². The molecule has 1 amide bonds. The van der Waals surface area contributed by atoms with Gasteiger partial charge in [0.05, 0.1) is 6.42 Å². The Hall–Kier alpha value is -1.91. The van der Waals surface area contributed by atoms with Crippen LogP contribution in [0.15, 0.2) is 18.2 Å². The standard InChI is InChI=1S/C15H18FNO3/c1-10-8-12(4-5-13(10)16)15(20)17(7-6-14(18)19)9-11-2-3-11/h4-5,8,11H,2-3,6-7,9H2,1H3,(H,18,19). The van der Waals surface area contributed by atoms with Crippen molar-refractivity contribution in [1.29, 1.82) is 0 Å². The summed E-state index contributed by atoms with van der Waals surface area (Å²) in [6.07, 6.45) is 2.09. The Morgan fingerprint density at radius 1 is 1.40 bits per heavy atom. The molecule has 0 saturated heterocycles. The minimum absolute atomic E-state index is 0.0708. The SMILES string of the molecule is Cc1cc(C(=O)N(CCC(=O)O)CC2CC2)ccc1F. The van der Waals surface area contributed by atoms with Gasteiger partial charge in [0, 0.05) is 18.7 Å². The number of aliphatic carboxylic acids is 1. The van der Waals surface area contributed by atoms with Gasteiger partial charge in [0.2, 0.25) is 0 Å². The van der Waals surface area contributed by atoms with Crippen molar-refractivity contribution in [2.45, 2.75) is 26.2 Å². The Labute approximate surface area is 117 Å². The molecule has 0 aliphatic heterocycles. The molecule has 1 aromatic rings. The van der Waals surface area contributed by atoms with Crippen LogP contribution in [0, 0.1) is 18.7 Å². The molecule has 1 aliphatic carbocycles. The van der Waals surface area contributed by atoms with Gasteiger partial charge < -0.3 is 10.0 Å². The molecule has 1 saturated carbocycles. The molecule has 0 heterocycles. The number of carboxylic acid groups (broad SMARTS) is 1. The van der Waals surface area contributed by atoms with Crippen molar-refractivity contribution in [3.05, 3.63) is 35.1 Å². The minimum atomic E-state index is -0.922. The number of carbonyl (C=O) groups excluding carboxylic acids is 1. The smallest absolute Gasteiger partial charge is 0.305 e. The van der Waals surface area contributed by atoms with E-state index in [-0.39, 0.29) is 24.7 Å². The number of nitrogens with zero attached hydrogens (tertiary/aromatic N) is 1. The molecule has 108 valence electrons. The summed E-state index contributed by atoms with van der Waals surface area (Å²) >= 11 is 0. The first kappa shape index (κ1) is 14.5. The molecular formula is C15H18FNO3. The number of hydrogen-bond acceptors (Lipinski definition) is 2. The molecule has 1 N–H and O–H groups in total. The first-order chi connectivity index (χ1) is 9.47. The summed E-state index contributed by atoms with van der Waals surface area (Å²) < 4.78 is 13.2. The van der Waals surface area contributed by atoms with E-state index in [9.17, 15) is 14.0 Å². The van der Waals surface area contributed by atoms with Crippen molar-refractivity contribution < 1.29 is 19.1 Å². The number of hydrogen-bond donors (Lipinski definition) is 1. The maximum atomic E-state index is 13.2. The lowest BCUT2D eigenvalue weighted by Crippen LogP contribution is -2.34. The molecule has 0 aromatic heterocycles. The van der Waals surface area contributed by atoms with Gasteiger partial charge in [-0.05, 0) is 49.4 Å². The van der Waals surface area contributed by atoms with Gasteiger partial charge in [-0.3, -0.25) is 9.59 Å². The number of amides is 1. The largest absolute Gasteiger partial charge is 0.481 e. The molecule has 20 heavy (non-hydrogen) atoms. The monoisotopic (exact) mass is 279 g/mol. The van der Waals surface area contributed by atoms with Crippen molar-refractivity contribution in [2.75, 3.05) is 13.1 Å². The second-order valence-electron chi connectivity index (χ2n) is 5.30. The van der Waals surface area contributed by atoms with Crippen LogP contribution in [0.3, 0.4) is 0 Å². The zero-order chi connectivity index (χ0) is 14.7. The summed E-state index contributed by atoms with van der Waals surface area (Å²) in [6.45, 7) is 2.39. The van der Waals surface area contributed by atoms with E-state index in [1.165, 1.54) is 18.2 Å². The van der Waals surface area contributed by atoms with Gasteiger partial charge in [0.25, 0.3) is 5.91 Å². The minimum Gasteiger partial charge on any atom is -0.481 e. The fraction of sp³-hybridized carbons (Fsp3) is 0.467. The van der Waals surface area contributed by atoms with Crippen molar-refractivity contribution in [3.63, 3.8) is 0 Å². The lowest BCUT2D eigenvalue weighted by atomic mass is 10.1. The number of carbonyl (C=O) groups is 2. The maximum absolute atomic E-state index is 13.2. The highest BCUT2D eigenvalue weighted by Crippen LogP contribution is 2.30. The molecule has 0 radical (unpaired) electrons. The molecular weight excluding hydrogens is 261 g/mol. The summed E-state index contributed by atoms with van der Waals surface area (Å²) in [5, 5.41) is 8.76. The molecule has 1 aliphatic rings. The van der Waals surface area contributed by atoms with Crippen LogP contribution in [-0.4, -0.2) is 35.0 Å². The normalized spacial score (nSPS) is 14.1. The molecule has 0 bridgehead atoms. The topological polar surface area (TPSA) is 57.6 Å². The van der Waals surface area contributed by atoms with Gasteiger partial charge in [-0.15, -0.1) is 0 Å². The average Bonchev–Trinajstić information content (AvgIpc) is 3.20.